The fourth-order valence-electron chi connectivity index (χ4n) is 1.50. The van der Waals surface area contributed by atoms with Crippen molar-refractivity contribution in [2.24, 2.45) is 0 Å². The lowest BCUT2D eigenvalue weighted by atomic mass is 10.3. The molecule has 5 heteroatoms. The summed E-state index contributed by atoms with van der Waals surface area (Å²) in [7, 11) is 0. The van der Waals surface area contributed by atoms with Gasteiger partial charge >= 0.3 is 0 Å². The molecule has 1 heterocycles. The summed E-state index contributed by atoms with van der Waals surface area (Å²) >= 11 is 0. The van der Waals surface area contributed by atoms with Crippen LogP contribution < -0.4 is 10.1 Å². The van der Waals surface area contributed by atoms with Crippen molar-refractivity contribution in [3.05, 3.63) is 48.3 Å². The molecule has 1 aromatic heterocycles. The van der Waals surface area contributed by atoms with E-state index >= 15 is 0 Å². The fourth-order valence-corrected chi connectivity index (χ4v) is 1.50. The lowest BCUT2D eigenvalue weighted by molar-refractivity contribution is 0.466. The van der Waals surface area contributed by atoms with Gasteiger partial charge in [0.05, 0.1) is 18.1 Å². The summed E-state index contributed by atoms with van der Waals surface area (Å²) in [5, 5.41) is 3.07. The van der Waals surface area contributed by atoms with Crippen LogP contribution in [0.15, 0.2) is 36.7 Å². The second-order valence-electron chi connectivity index (χ2n) is 3.65. The van der Waals surface area contributed by atoms with E-state index in [-0.39, 0.29) is 5.75 Å². The lowest BCUT2D eigenvalue weighted by Gasteiger charge is -2.08. The van der Waals surface area contributed by atoms with Crippen molar-refractivity contribution in [2.75, 3.05) is 11.9 Å². The zero-order valence-electron chi connectivity index (χ0n) is 9.78. The van der Waals surface area contributed by atoms with Gasteiger partial charge in [0.1, 0.15) is 23.1 Å². The Labute approximate surface area is 103 Å². The Hall–Kier alpha value is -2.17. The highest BCUT2D eigenvalue weighted by atomic mass is 19.1. The Kier molecular flexibility index (Phi) is 3.72. The van der Waals surface area contributed by atoms with Crippen molar-refractivity contribution >= 4 is 5.69 Å². The molecule has 0 spiro atoms. The first-order chi connectivity index (χ1) is 8.67. The van der Waals surface area contributed by atoms with Crippen LogP contribution in [0.4, 0.5) is 14.5 Å². The van der Waals surface area contributed by atoms with Gasteiger partial charge in [-0.25, -0.2) is 8.78 Å². The Balaban J connectivity index is 2.20. The summed E-state index contributed by atoms with van der Waals surface area (Å²) in [6.45, 7) is 2.70. The van der Waals surface area contributed by atoms with Gasteiger partial charge in [-0.3, -0.25) is 4.98 Å². The number of rotatable bonds is 4. The molecular weight excluding hydrogens is 238 g/mol. The Morgan fingerprint density at radius 1 is 1.06 bits per heavy atom. The van der Waals surface area contributed by atoms with Crippen LogP contribution in [-0.2, 0) is 0 Å². The van der Waals surface area contributed by atoms with Gasteiger partial charge in [-0.15, -0.1) is 0 Å². The molecule has 2 aromatic rings. The third kappa shape index (κ3) is 3.16. The van der Waals surface area contributed by atoms with E-state index in [0.29, 0.717) is 5.75 Å². The third-order valence-electron chi connectivity index (χ3n) is 2.17. The predicted molar refractivity (Wildman–Crippen MR) is 64.8 cm³/mol. The van der Waals surface area contributed by atoms with Crippen LogP contribution in [0, 0.1) is 11.6 Å². The van der Waals surface area contributed by atoms with Gasteiger partial charge in [0.15, 0.2) is 0 Å². The molecular formula is C13H12F2N2O. The largest absolute Gasteiger partial charge is 0.455 e. The molecule has 0 bridgehead atoms. The van der Waals surface area contributed by atoms with Crippen molar-refractivity contribution in [1.82, 2.24) is 4.98 Å². The highest BCUT2D eigenvalue weighted by molar-refractivity contribution is 5.46. The molecule has 2 rings (SSSR count). The predicted octanol–water partition coefficient (Wildman–Crippen LogP) is 3.58. The van der Waals surface area contributed by atoms with Gasteiger partial charge in [-0.2, -0.15) is 0 Å². The average molecular weight is 250 g/mol. The maximum Gasteiger partial charge on any atom is 0.147 e. The van der Waals surface area contributed by atoms with Gasteiger partial charge in [0, 0.05) is 30.8 Å². The van der Waals surface area contributed by atoms with E-state index in [9.17, 15) is 8.78 Å². The van der Waals surface area contributed by atoms with E-state index in [1.807, 2.05) is 6.92 Å². The minimum atomic E-state index is -0.680. The lowest BCUT2D eigenvalue weighted by Crippen LogP contribution is -1.97. The zero-order chi connectivity index (χ0) is 13.0. The van der Waals surface area contributed by atoms with Crippen molar-refractivity contribution < 1.29 is 13.5 Å². The second kappa shape index (κ2) is 5.44. The Morgan fingerprint density at radius 2 is 1.78 bits per heavy atom. The summed E-state index contributed by atoms with van der Waals surface area (Å²) in [5.74, 6) is -0.844. The number of hydrogen-bond donors (Lipinski definition) is 1. The summed E-state index contributed by atoms with van der Waals surface area (Å²) in [5.41, 5.74) is 0.784. The van der Waals surface area contributed by atoms with E-state index < -0.39 is 11.6 Å². The normalized spacial score (nSPS) is 10.2. The van der Waals surface area contributed by atoms with Crippen LogP contribution >= 0.6 is 0 Å². The van der Waals surface area contributed by atoms with Gasteiger partial charge < -0.3 is 10.1 Å². The molecule has 0 aliphatic rings. The molecule has 0 aliphatic carbocycles. The van der Waals surface area contributed by atoms with Crippen LogP contribution in [0.3, 0.4) is 0 Å². The molecule has 94 valence electrons. The number of benzene rings is 1. The smallest absolute Gasteiger partial charge is 0.147 e. The van der Waals surface area contributed by atoms with Crippen molar-refractivity contribution in [3.8, 4) is 11.5 Å². The Bertz CT molecular complexity index is 526. The topological polar surface area (TPSA) is 34.2 Å². The van der Waals surface area contributed by atoms with Crippen molar-refractivity contribution in [2.45, 2.75) is 6.92 Å². The first-order valence-electron chi connectivity index (χ1n) is 5.50. The Morgan fingerprint density at radius 3 is 2.44 bits per heavy atom. The number of halogens is 2. The van der Waals surface area contributed by atoms with E-state index in [0.717, 1.165) is 30.4 Å². The van der Waals surface area contributed by atoms with Crippen LogP contribution in [-0.4, -0.2) is 11.5 Å². The second-order valence-corrected chi connectivity index (χ2v) is 3.65. The number of ether oxygens (including phenoxy) is 1. The molecule has 0 fully saturated rings. The van der Waals surface area contributed by atoms with Crippen LogP contribution in [0.1, 0.15) is 6.92 Å². The number of anilines is 1. The molecule has 0 amide bonds. The van der Waals surface area contributed by atoms with Crippen LogP contribution in [0.25, 0.3) is 0 Å². The minimum absolute atomic E-state index is 0.1000. The van der Waals surface area contributed by atoms with Gasteiger partial charge in [-0.05, 0) is 6.92 Å². The van der Waals surface area contributed by atoms with Gasteiger partial charge in [-0.1, -0.05) is 0 Å². The van der Waals surface area contributed by atoms with E-state index in [2.05, 4.69) is 10.3 Å². The number of hydrogen-bond acceptors (Lipinski definition) is 3. The summed E-state index contributed by atoms with van der Waals surface area (Å²) < 4.78 is 31.3. The molecule has 0 aliphatic heterocycles. The average Bonchev–Trinajstić information content (AvgIpc) is 2.28. The monoisotopic (exact) mass is 250 g/mol. The molecule has 0 saturated carbocycles. The van der Waals surface area contributed by atoms with Crippen molar-refractivity contribution in [1.29, 1.82) is 0 Å². The maximum absolute atomic E-state index is 13.0. The first-order valence-corrected chi connectivity index (χ1v) is 5.50. The fraction of sp³-hybridized carbons (Fsp3) is 0.154. The molecule has 0 atom stereocenters. The summed E-state index contributed by atoms with van der Waals surface area (Å²) in [6.07, 6.45) is 3.12. The molecule has 0 unspecified atom stereocenters. The van der Waals surface area contributed by atoms with Crippen LogP contribution in [0.2, 0.25) is 0 Å². The highest BCUT2D eigenvalue weighted by Gasteiger charge is 2.04. The summed E-state index contributed by atoms with van der Waals surface area (Å²) in [4.78, 5) is 3.97. The quantitative estimate of drug-likeness (QED) is 0.900. The van der Waals surface area contributed by atoms with Crippen LogP contribution in [0.5, 0.6) is 11.5 Å². The molecule has 1 aromatic carbocycles. The highest BCUT2D eigenvalue weighted by Crippen LogP contribution is 2.24. The number of nitrogens with one attached hydrogen (secondary N) is 1. The first kappa shape index (κ1) is 12.3. The van der Waals surface area contributed by atoms with Gasteiger partial charge in [0.2, 0.25) is 0 Å². The number of aromatic nitrogens is 1. The van der Waals surface area contributed by atoms with Gasteiger partial charge in [0.25, 0.3) is 0 Å². The van der Waals surface area contributed by atoms with E-state index in [1.54, 1.807) is 12.3 Å². The minimum Gasteiger partial charge on any atom is -0.455 e. The molecule has 18 heavy (non-hydrogen) atoms. The molecule has 1 N–H and O–H groups in total. The molecule has 0 radical (unpaired) electrons. The number of nitrogens with zero attached hydrogens (tertiary/aromatic N) is 1. The standard InChI is InChI=1S/C13H12F2N2O/c1-2-17-11-6-13(8-16-7-11)18-12-4-9(14)3-10(15)5-12/h3-8,17H,2H2,1H3. The summed E-state index contributed by atoms with van der Waals surface area (Å²) in [6, 6.07) is 4.73. The van der Waals surface area contributed by atoms with E-state index in [1.165, 1.54) is 6.20 Å². The SMILES string of the molecule is CCNc1cncc(Oc2cc(F)cc(F)c2)c1. The molecule has 3 nitrogen and oxygen atoms in total. The number of pyridine rings is 1. The third-order valence-corrected chi connectivity index (χ3v) is 2.17. The van der Waals surface area contributed by atoms with Crippen molar-refractivity contribution in [3.63, 3.8) is 0 Å². The maximum atomic E-state index is 13.0. The molecule has 0 saturated heterocycles. The van der Waals surface area contributed by atoms with E-state index in [4.69, 9.17) is 4.74 Å². The zero-order valence-corrected chi connectivity index (χ0v) is 9.78.